The average Bonchev–Trinajstić information content (AvgIpc) is 2.92. The summed E-state index contributed by atoms with van der Waals surface area (Å²) in [6.07, 6.45) is 5.47. The lowest BCUT2D eigenvalue weighted by molar-refractivity contribution is -0.141. The van der Waals surface area contributed by atoms with Crippen LogP contribution in [-0.2, 0) is 11.3 Å². The molecule has 4 rings (SSSR count). The Labute approximate surface area is 131 Å². The molecule has 1 unspecified atom stereocenters. The molecule has 0 radical (unpaired) electrons. The number of carbonyl (C=O) groups excluding carboxylic acids is 1. The first-order chi connectivity index (χ1) is 10.7. The zero-order valence-corrected chi connectivity index (χ0v) is 13.0. The summed E-state index contributed by atoms with van der Waals surface area (Å²) in [5.74, 6) is 0.610. The monoisotopic (exact) mass is 294 g/mol. The fraction of sp³-hybridized carbons (Fsp3) is 0.421. The lowest BCUT2D eigenvalue weighted by Gasteiger charge is -2.41. The summed E-state index contributed by atoms with van der Waals surface area (Å²) in [6.45, 7) is 3.84. The Morgan fingerprint density at radius 3 is 2.73 bits per heavy atom. The molecule has 2 aliphatic rings. The standard InChI is InChI=1S/C19H22N2O/c1-14-5-2-8-16(13-14)18-17-9-4-10-20(17)11-12-21(18)19(22)15-6-3-7-15/h2,4-5,8-10,13,15,18H,3,6-7,11-12H2,1H3. The van der Waals surface area contributed by atoms with Crippen LogP contribution in [0, 0.1) is 12.8 Å². The highest BCUT2D eigenvalue weighted by Gasteiger charge is 2.37. The van der Waals surface area contributed by atoms with Gasteiger partial charge in [-0.05, 0) is 37.5 Å². The van der Waals surface area contributed by atoms with Crippen molar-refractivity contribution in [1.29, 1.82) is 0 Å². The van der Waals surface area contributed by atoms with Crippen molar-refractivity contribution in [2.24, 2.45) is 5.92 Å². The molecular formula is C19H22N2O. The first-order valence-electron chi connectivity index (χ1n) is 8.26. The van der Waals surface area contributed by atoms with Crippen LogP contribution in [0.5, 0.6) is 0 Å². The molecule has 1 aromatic carbocycles. The van der Waals surface area contributed by atoms with Gasteiger partial charge >= 0.3 is 0 Å². The molecule has 2 aromatic rings. The first kappa shape index (κ1) is 13.6. The van der Waals surface area contributed by atoms with Gasteiger partial charge in [-0.1, -0.05) is 36.2 Å². The van der Waals surface area contributed by atoms with Crippen LogP contribution in [-0.4, -0.2) is 21.9 Å². The second kappa shape index (κ2) is 5.31. The minimum absolute atomic E-state index is 0.0664. The summed E-state index contributed by atoms with van der Waals surface area (Å²) in [4.78, 5) is 15.0. The topological polar surface area (TPSA) is 25.2 Å². The largest absolute Gasteiger partial charge is 0.348 e. The van der Waals surface area contributed by atoms with Crippen LogP contribution in [0.25, 0.3) is 0 Å². The van der Waals surface area contributed by atoms with Gasteiger partial charge in [-0.2, -0.15) is 0 Å². The van der Waals surface area contributed by atoms with E-state index >= 15 is 0 Å². The van der Waals surface area contributed by atoms with Crippen LogP contribution >= 0.6 is 0 Å². The molecule has 1 atom stereocenters. The van der Waals surface area contributed by atoms with Gasteiger partial charge in [0.05, 0.1) is 6.04 Å². The Morgan fingerprint density at radius 1 is 1.14 bits per heavy atom. The molecule has 0 bridgehead atoms. The number of amides is 1. The molecule has 2 heterocycles. The van der Waals surface area contributed by atoms with E-state index in [0.29, 0.717) is 5.91 Å². The fourth-order valence-electron chi connectivity index (χ4n) is 3.70. The molecule has 3 nitrogen and oxygen atoms in total. The molecule has 1 aliphatic heterocycles. The van der Waals surface area contributed by atoms with Gasteiger partial charge in [-0.15, -0.1) is 0 Å². The number of aromatic nitrogens is 1. The van der Waals surface area contributed by atoms with Crippen LogP contribution in [0.3, 0.4) is 0 Å². The molecule has 1 aromatic heterocycles. The zero-order valence-electron chi connectivity index (χ0n) is 13.0. The van der Waals surface area contributed by atoms with E-state index in [9.17, 15) is 4.79 Å². The van der Waals surface area contributed by atoms with Crippen molar-refractivity contribution in [3.05, 3.63) is 59.4 Å². The second-order valence-electron chi connectivity index (χ2n) is 6.60. The van der Waals surface area contributed by atoms with E-state index in [1.165, 1.54) is 23.2 Å². The number of aryl methyl sites for hydroxylation is 1. The summed E-state index contributed by atoms with van der Waals surface area (Å²) in [6, 6.07) is 12.9. The second-order valence-corrected chi connectivity index (χ2v) is 6.60. The summed E-state index contributed by atoms with van der Waals surface area (Å²) in [5.41, 5.74) is 3.72. The van der Waals surface area contributed by atoms with Crippen LogP contribution < -0.4 is 0 Å². The molecule has 0 spiro atoms. The van der Waals surface area contributed by atoms with Gasteiger partial charge < -0.3 is 9.47 Å². The molecule has 0 N–H and O–H groups in total. The van der Waals surface area contributed by atoms with Gasteiger partial charge in [0.25, 0.3) is 0 Å². The van der Waals surface area contributed by atoms with Crippen molar-refractivity contribution < 1.29 is 4.79 Å². The Bertz CT molecular complexity index is 699. The molecule has 1 aliphatic carbocycles. The molecular weight excluding hydrogens is 272 g/mol. The lowest BCUT2D eigenvalue weighted by Crippen LogP contribution is -2.46. The predicted octanol–water partition coefficient (Wildman–Crippen LogP) is 3.53. The van der Waals surface area contributed by atoms with E-state index in [1.807, 2.05) is 0 Å². The molecule has 0 saturated heterocycles. The number of hydrogen-bond donors (Lipinski definition) is 0. The minimum atomic E-state index is 0.0664. The Kier molecular flexibility index (Phi) is 3.29. The summed E-state index contributed by atoms with van der Waals surface area (Å²) in [7, 11) is 0. The van der Waals surface area contributed by atoms with E-state index in [0.717, 1.165) is 25.9 Å². The van der Waals surface area contributed by atoms with Crippen LogP contribution in [0.2, 0.25) is 0 Å². The SMILES string of the molecule is Cc1cccc(C2c3cccn3CCN2C(=O)C2CCC2)c1. The maximum Gasteiger partial charge on any atom is 0.226 e. The quantitative estimate of drug-likeness (QED) is 0.832. The van der Waals surface area contributed by atoms with Gasteiger partial charge in [0.15, 0.2) is 0 Å². The van der Waals surface area contributed by atoms with Gasteiger partial charge in [0, 0.05) is 30.9 Å². The van der Waals surface area contributed by atoms with Crippen LogP contribution in [0.4, 0.5) is 0 Å². The highest BCUT2D eigenvalue weighted by Crippen LogP contribution is 2.37. The third-order valence-electron chi connectivity index (χ3n) is 5.13. The summed E-state index contributed by atoms with van der Waals surface area (Å²) in [5, 5.41) is 0. The predicted molar refractivity (Wildman–Crippen MR) is 86.5 cm³/mol. The van der Waals surface area contributed by atoms with Gasteiger partial charge in [0.1, 0.15) is 0 Å². The Morgan fingerprint density at radius 2 is 2.00 bits per heavy atom. The maximum atomic E-state index is 12.9. The number of fused-ring (bicyclic) bond motifs is 1. The van der Waals surface area contributed by atoms with E-state index in [1.54, 1.807) is 0 Å². The van der Waals surface area contributed by atoms with Crippen molar-refractivity contribution >= 4 is 5.91 Å². The number of benzene rings is 1. The number of carbonyl (C=O) groups is 1. The minimum Gasteiger partial charge on any atom is -0.348 e. The molecule has 1 amide bonds. The normalized spacial score (nSPS) is 21.3. The van der Waals surface area contributed by atoms with E-state index in [-0.39, 0.29) is 12.0 Å². The number of rotatable bonds is 2. The lowest BCUT2D eigenvalue weighted by atomic mass is 9.83. The molecule has 114 valence electrons. The van der Waals surface area contributed by atoms with E-state index < -0.39 is 0 Å². The molecule has 22 heavy (non-hydrogen) atoms. The third-order valence-corrected chi connectivity index (χ3v) is 5.13. The van der Waals surface area contributed by atoms with Crippen LogP contribution in [0.15, 0.2) is 42.6 Å². The zero-order chi connectivity index (χ0) is 15.1. The molecule has 3 heteroatoms. The average molecular weight is 294 g/mol. The Hall–Kier alpha value is -2.03. The van der Waals surface area contributed by atoms with Crippen molar-refractivity contribution in [3.63, 3.8) is 0 Å². The highest BCUT2D eigenvalue weighted by molar-refractivity contribution is 5.80. The number of hydrogen-bond acceptors (Lipinski definition) is 1. The number of nitrogens with zero attached hydrogens (tertiary/aromatic N) is 2. The van der Waals surface area contributed by atoms with Gasteiger partial charge in [-0.25, -0.2) is 0 Å². The van der Waals surface area contributed by atoms with Crippen LogP contribution in [0.1, 0.15) is 42.1 Å². The van der Waals surface area contributed by atoms with E-state index in [2.05, 4.69) is 59.0 Å². The van der Waals surface area contributed by atoms with Crippen molar-refractivity contribution in [2.45, 2.75) is 38.8 Å². The van der Waals surface area contributed by atoms with E-state index in [4.69, 9.17) is 0 Å². The molecule has 1 saturated carbocycles. The summed E-state index contributed by atoms with van der Waals surface area (Å²) >= 11 is 0. The fourth-order valence-corrected chi connectivity index (χ4v) is 3.70. The smallest absolute Gasteiger partial charge is 0.226 e. The third kappa shape index (κ3) is 2.16. The van der Waals surface area contributed by atoms with Crippen molar-refractivity contribution in [2.75, 3.05) is 6.54 Å². The van der Waals surface area contributed by atoms with Gasteiger partial charge in [0.2, 0.25) is 5.91 Å². The highest BCUT2D eigenvalue weighted by atomic mass is 16.2. The van der Waals surface area contributed by atoms with Crippen molar-refractivity contribution in [3.8, 4) is 0 Å². The first-order valence-corrected chi connectivity index (χ1v) is 8.26. The van der Waals surface area contributed by atoms with Crippen molar-refractivity contribution in [1.82, 2.24) is 9.47 Å². The molecule has 1 fully saturated rings. The summed E-state index contributed by atoms with van der Waals surface area (Å²) < 4.78 is 2.29. The van der Waals surface area contributed by atoms with Gasteiger partial charge in [-0.3, -0.25) is 4.79 Å². The maximum absolute atomic E-state index is 12.9. The Balaban J connectivity index is 1.76.